The first kappa shape index (κ1) is 14.6. The summed E-state index contributed by atoms with van der Waals surface area (Å²) in [6.45, 7) is 4.41. The normalized spacial score (nSPS) is 29.7. The van der Waals surface area contributed by atoms with E-state index in [0.29, 0.717) is 12.0 Å². The van der Waals surface area contributed by atoms with Crippen molar-refractivity contribution in [3.05, 3.63) is 35.4 Å². The van der Waals surface area contributed by atoms with Crippen molar-refractivity contribution < 1.29 is 4.79 Å². The van der Waals surface area contributed by atoms with Crippen molar-refractivity contribution in [2.45, 2.75) is 38.6 Å². The van der Waals surface area contributed by atoms with Gasteiger partial charge in [-0.2, -0.15) is 0 Å². The molecule has 3 atom stereocenters. The maximum atomic E-state index is 12.4. The topological polar surface area (TPSA) is 32.3 Å². The van der Waals surface area contributed by atoms with Gasteiger partial charge in [0.25, 0.3) is 5.91 Å². The molecule has 0 aromatic heterocycles. The number of amides is 1. The van der Waals surface area contributed by atoms with Crippen molar-refractivity contribution in [3.8, 4) is 0 Å². The number of benzene rings is 1. The van der Waals surface area contributed by atoms with E-state index in [1.807, 2.05) is 31.2 Å². The lowest BCUT2D eigenvalue weighted by Crippen LogP contribution is -2.51. The van der Waals surface area contributed by atoms with E-state index in [1.165, 1.54) is 31.4 Å². The molecule has 2 aliphatic rings. The molecule has 1 saturated heterocycles. The summed E-state index contributed by atoms with van der Waals surface area (Å²) in [6.07, 6.45) is 4.93. The average Bonchev–Trinajstić information content (AvgIpc) is 2.47. The molecule has 3 heteroatoms. The highest BCUT2D eigenvalue weighted by Crippen LogP contribution is 2.36. The first-order chi connectivity index (χ1) is 10.1. The third-order valence-corrected chi connectivity index (χ3v) is 5.23. The molecule has 3 rings (SSSR count). The maximum absolute atomic E-state index is 12.4. The molecule has 2 fully saturated rings. The van der Waals surface area contributed by atoms with Crippen LogP contribution in [-0.2, 0) is 0 Å². The summed E-state index contributed by atoms with van der Waals surface area (Å²) in [5.74, 6) is 1.53. The SMILES string of the molecule is Cc1ccc(C(=O)NC2CCC[C@@H]3CN(C)CC[C@@H]23)cc1. The second-order valence-corrected chi connectivity index (χ2v) is 6.85. The second kappa shape index (κ2) is 6.18. The fourth-order valence-corrected chi connectivity index (χ4v) is 4.02. The zero-order chi connectivity index (χ0) is 14.8. The van der Waals surface area contributed by atoms with Crippen LogP contribution in [0.25, 0.3) is 0 Å². The van der Waals surface area contributed by atoms with E-state index < -0.39 is 0 Å². The monoisotopic (exact) mass is 286 g/mol. The van der Waals surface area contributed by atoms with Gasteiger partial charge in [0.2, 0.25) is 0 Å². The Labute approximate surface area is 127 Å². The fraction of sp³-hybridized carbons (Fsp3) is 0.611. The quantitative estimate of drug-likeness (QED) is 0.906. The van der Waals surface area contributed by atoms with Crippen molar-refractivity contribution >= 4 is 5.91 Å². The lowest BCUT2D eigenvalue weighted by atomic mass is 9.72. The predicted molar refractivity (Wildman–Crippen MR) is 85.4 cm³/mol. The highest BCUT2D eigenvalue weighted by molar-refractivity contribution is 5.94. The highest BCUT2D eigenvalue weighted by atomic mass is 16.1. The van der Waals surface area contributed by atoms with E-state index in [2.05, 4.69) is 17.3 Å². The summed E-state index contributed by atoms with van der Waals surface area (Å²) in [4.78, 5) is 14.9. The number of nitrogens with one attached hydrogen (secondary N) is 1. The Morgan fingerprint density at radius 2 is 1.95 bits per heavy atom. The predicted octanol–water partition coefficient (Wildman–Crippen LogP) is 2.85. The number of rotatable bonds is 2. The summed E-state index contributed by atoms with van der Waals surface area (Å²) in [7, 11) is 2.21. The minimum atomic E-state index is 0.0968. The van der Waals surface area contributed by atoms with E-state index in [9.17, 15) is 4.79 Å². The summed E-state index contributed by atoms with van der Waals surface area (Å²) >= 11 is 0. The van der Waals surface area contributed by atoms with Crippen LogP contribution < -0.4 is 5.32 Å². The Balaban J connectivity index is 1.66. The average molecular weight is 286 g/mol. The Kier molecular flexibility index (Phi) is 4.29. The molecule has 1 aromatic rings. The molecule has 1 heterocycles. The summed E-state index contributed by atoms with van der Waals surface area (Å²) in [6, 6.07) is 8.24. The van der Waals surface area contributed by atoms with Gasteiger partial charge >= 0.3 is 0 Å². The van der Waals surface area contributed by atoms with Crippen molar-refractivity contribution in [3.63, 3.8) is 0 Å². The van der Waals surface area contributed by atoms with Crippen molar-refractivity contribution in [1.82, 2.24) is 10.2 Å². The second-order valence-electron chi connectivity index (χ2n) is 6.85. The van der Waals surface area contributed by atoms with Crippen molar-refractivity contribution in [2.24, 2.45) is 11.8 Å². The van der Waals surface area contributed by atoms with Gasteiger partial charge in [0, 0.05) is 18.2 Å². The van der Waals surface area contributed by atoms with E-state index in [0.717, 1.165) is 24.4 Å². The van der Waals surface area contributed by atoms with Gasteiger partial charge < -0.3 is 10.2 Å². The standard InChI is InChI=1S/C18H26N2O/c1-13-6-8-14(9-7-13)18(21)19-17-5-3-4-15-12-20(2)11-10-16(15)17/h6-9,15-17H,3-5,10-12H2,1-2H3,(H,19,21)/t15-,16-,17?/m1/s1. The van der Waals surface area contributed by atoms with Crippen LogP contribution in [0.1, 0.15) is 41.6 Å². The molecule has 21 heavy (non-hydrogen) atoms. The molecular formula is C18H26N2O. The fourth-order valence-electron chi connectivity index (χ4n) is 4.02. The molecule has 114 valence electrons. The smallest absolute Gasteiger partial charge is 0.251 e. The van der Waals surface area contributed by atoms with Crippen molar-refractivity contribution in [1.29, 1.82) is 0 Å². The summed E-state index contributed by atoms with van der Waals surface area (Å²) < 4.78 is 0. The summed E-state index contributed by atoms with van der Waals surface area (Å²) in [5, 5.41) is 3.31. The van der Waals surface area contributed by atoms with Gasteiger partial charge in [0.15, 0.2) is 0 Å². The third kappa shape index (κ3) is 3.29. The number of carbonyl (C=O) groups excluding carboxylic acids is 1. The number of likely N-dealkylation sites (tertiary alicyclic amines) is 1. The van der Waals surface area contributed by atoms with Crippen LogP contribution in [0.5, 0.6) is 0 Å². The Morgan fingerprint density at radius 1 is 1.19 bits per heavy atom. The number of fused-ring (bicyclic) bond motifs is 1. The Morgan fingerprint density at radius 3 is 2.71 bits per heavy atom. The van der Waals surface area contributed by atoms with Crippen LogP contribution >= 0.6 is 0 Å². The van der Waals surface area contributed by atoms with Gasteiger partial charge in [-0.15, -0.1) is 0 Å². The van der Waals surface area contributed by atoms with Crippen LogP contribution in [0.3, 0.4) is 0 Å². The van der Waals surface area contributed by atoms with Gasteiger partial charge in [0.1, 0.15) is 0 Å². The maximum Gasteiger partial charge on any atom is 0.251 e. The molecule has 1 aliphatic carbocycles. The van der Waals surface area contributed by atoms with Crippen molar-refractivity contribution in [2.75, 3.05) is 20.1 Å². The number of aryl methyl sites for hydroxylation is 1. The molecule has 1 N–H and O–H groups in total. The van der Waals surface area contributed by atoms with Gasteiger partial charge in [-0.05, 0) is 63.7 Å². The van der Waals surface area contributed by atoms with E-state index >= 15 is 0 Å². The molecule has 1 aromatic carbocycles. The number of carbonyl (C=O) groups is 1. The molecule has 0 bridgehead atoms. The van der Waals surface area contributed by atoms with E-state index in [4.69, 9.17) is 0 Å². The van der Waals surface area contributed by atoms with Crippen LogP contribution in [-0.4, -0.2) is 37.0 Å². The third-order valence-electron chi connectivity index (χ3n) is 5.23. The molecule has 1 aliphatic heterocycles. The minimum Gasteiger partial charge on any atom is -0.349 e. The Bertz CT molecular complexity index is 496. The molecule has 3 nitrogen and oxygen atoms in total. The highest BCUT2D eigenvalue weighted by Gasteiger charge is 2.37. The number of hydrogen-bond acceptors (Lipinski definition) is 2. The number of nitrogens with zero attached hydrogens (tertiary/aromatic N) is 1. The first-order valence-corrected chi connectivity index (χ1v) is 8.19. The summed E-state index contributed by atoms with van der Waals surface area (Å²) in [5.41, 5.74) is 1.98. The van der Waals surface area contributed by atoms with Gasteiger partial charge in [-0.3, -0.25) is 4.79 Å². The van der Waals surface area contributed by atoms with Gasteiger partial charge in [0.05, 0.1) is 0 Å². The van der Waals surface area contributed by atoms with Crippen LogP contribution in [0, 0.1) is 18.8 Å². The Hall–Kier alpha value is -1.35. The molecule has 1 unspecified atom stereocenters. The van der Waals surface area contributed by atoms with E-state index in [1.54, 1.807) is 0 Å². The molecular weight excluding hydrogens is 260 g/mol. The number of hydrogen-bond donors (Lipinski definition) is 1. The minimum absolute atomic E-state index is 0.0968. The number of piperidine rings is 1. The van der Waals surface area contributed by atoms with Crippen LogP contribution in [0.4, 0.5) is 0 Å². The largest absolute Gasteiger partial charge is 0.349 e. The first-order valence-electron chi connectivity index (χ1n) is 8.19. The molecule has 1 saturated carbocycles. The van der Waals surface area contributed by atoms with Crippen LogP contribution in [0.2, 0.25) is 0 Å². The zero-order valence-electron chi connectivity index (χ0n) is 13.1. The van der Waals surface area contributed by atoms with E-state index in [-0.39, 0.29) is 5.91 Å². The van der Waals surface area contributed by atoms with Crippen LogP contribution in [0.15, 0.2) is 24.3 Å². The zero-order valence-corrected chi connectivity index (χ0v) is 13.1. The molecule has 1 amide bonds. The van der Waals surface area contributed by atoms with Gasteiger partial charge in [-0.1, -0.05) is 24.1 Å². The lowest BCUT2D eigenvalue weighted by Gasteiger charge is -2.44. The lowest BCUT2D eigenvalue weighted by molar-refractivity contribution is 0.0661. The molecule has 0 radical (unpaired) electrons. The van der Waals surface area contributed by atoms with Gasteiger partial charge in [-0.25, -0.2) is 0 Å². The molecule has 0 spiro atoms.